The van der Waals surface area contributed by atoms with E-state index < -0.39 is 0 Å². The summed E-state index contributed by atoms with van der Waals surface area (Å²) in [5.41, 5.74) is 10.1. The van der Waals surface area contributed by atoms with Gasteiger partial charge < -0.3 is 25.2 Å². The molecule has 3 saturated heterocycles. The van der Waals surface area contributed by atoms with Crippen LogP contribution in [0.15, 0.2) is 42.5 Å². The molecule has 0 radical (unpaired) electrons. The second-order valence-corrected chi connectivity index (χ2v) is 11.9. The summed E-state index contributed by atoms with van der Waals surface area (Å²) in [6, 6.07) is 14.7. The van der Waals surface area contributed by atoms with Gasteiger partial charge in [-0.05, 0) is 49.1 Å². The Bertz CT molecular complexity index is 1120. The van der Waals surface area contributed by atoms with E-state index in [1.165, 1.54) is 16.8 Å². The Morgan fingerprint density at radius 2 is 1.65 bits per heavy atom. The minimum absolute atomic E-state index is 0.246. The predicted octanol–water partition coefficient (Wildman–Crippen LogP) is 2.78. The molecule has 0 aromatic heterocycles. The molecule has 3 heterocycles. The lowest BCUT2D eigenvalue weighted by molar-refractivity contribution is -0.134. The summed E-state index contributed by atoms with van der Waals surface area (Å²) >= 11 is 6.39. The first-order valence-electron chi connectivity index (χ1n) is 14.8. The van der Waals surface area contributed by atoms with Crippen molar-refractivity contribution in [2.75, 3.05) is 90.5 Å². The van der Waals surface area contributed by atoms with E-state index in [-0.39, 0.29) is 11.9 Å². The van der Waals surface area contributed by atoms with Crippen LogP contribution in [-0.2, 0) is 17.8 Å². The number of methoxy groups -OCH3 is 1. The molecular weight excluding hydrogens is 524 g/mol. The predicted molar refractivity (Wildman–Crippen MR) is 162 cm³/mol. The van der Waals surface area contributed by atoms with Crippen LogP contribution in [0.4, 0.5) is 5.69 Å². The molecule has 0 saturated carbocycles. The van der Waals surface area contributed by atoms with Crippen molar-refractivity contribution in [1.82, 2.24) is 19.6 Å². The number of piperidine rings is 1. The molecule has 2 aromatic rings. The van der Waals surface area contributed by atoms with Crippen LogP contribution < -0.4 is 15.4 Å². The number of nitrogens with zero attached hydrogens (tertiary/aromatic N) is 5. The Balaban J connectivity index is 1.04. The Hall–Kier alpha value is -2.36. The van der Waals surface area contributed by atoms with Crippen LogP contribution in [0.1, 0.15) is 24.0 Å². The van der Waals surface area contributed by atoms with Crippen molar-refractivity contribution >= 4 is 23.2 Å². The zero-order valence-electron chi connectivity index (χ0n) is 23.9. The molecular formula is C31H45ClN6O2. The largest absolute Gasteiger partial charge is 0.496 e. The summed E-state index contributed by atoms with van der Waals surface area (Å²) in [6.07, 6.45) is 3.22. The van der Waals surface area contributed by atoms with Crippen LogP contribution in [0.5, 0.6) is 5.75 Å². The summed E-state index contributed by atoms with van der Waals surface area (Å²) in [6.45, 7) is 11.6. The van der Waals surface area contributed by atoms with Gasteiger partial charge >= 0.3 is 0 Å². The Morgan fingerprint density at radius 3 is 2.40 bits per heavy atom. The highest BCUT2D eigenvalue weighted by atomic mass is 35.5. The van der Waals surface area contributed by atoms with Gasteiger partial charge in [-0.25, -0.2) is 0 Å². The van der Waals surface area contributed by atoms with Crippen LogP contribution in [0.2, 0.25) is 5.02 Å². The lowest BCUT2D eigenvalue weighted by Crippen LogP contribution is -2.53. The van der Waals surface area contributed by atoms with E-state index in [1.807, 2.05) is 23.1 Å². The molecule has 0 spiro atoms. The van der Waals surface area contributed by atoms with Crippen molar-refractivity contribution in [2.45, 2.75) is 31.8 Å². The third-order valence-corrected chi connectivity index (χ3v) is 8.91. The van der Waals surface area contributed by atoms with E-state index in [0.29, 0.717) is 6.54 Å². The van der Waals surface area contributed by atoms with Gasteiger partial charge in [0.1, 0.15) is 5.75 Å². The smallest absolute Gasteiger partial charge is 0.236 e. The highest BCUT2D eigenvalue weighted by Gasteiger charge is 2.26. The number of hydrogen-bond acceptors (Lipinski definition) is 7. The van der Waals surface area contributed by atoms with E-state index >= 15 is 0 Å². The van der Waals surface area contributed by atoms with Gasteiger partial charge in [-0.15, -0.1) is 0 Å². The van der Waals surface area contributed by atoms with Crippen molar-refractivity contribution in [3.63, 3.8) is 0 Å². The van der Waals surface area contributed by atoms with Crippen molar-refractivity contribution < 1.29 is 9.53 Å². The van der Waals surface area contributed by atoms with Gasteiger partial charge in [-0.2, -0.15) is 0 Å². The Morgan fingerprint density at radius 1 is 0.925 bits per heavy atom. The minimum Gasteiger partial charge on any atom is -0.496 e. The number of halogens is 1. The maximum atomic E-state index is 13.1. The maximum absolute atomic E-state index is 13.1. The normalized spacial score (nSPS) is 21.5. The average Bonchev–Trinajstić information content (AvgIpc) is 2.97. The average molecular weight is 569 g/mol. The van der Waals surface area contributed by atoms with Crippen molar-refractivity contribution in [2.24, 2.45) is 5.73 Å². The van der Waals surface area contributed by atoms with Crippen LogP contribution in [0.3, 0.4) is 0 Å². The quantitative estimate of drug-likeness (QED) is 0.499. The van der Waals surface area contributed by atoms with Gasteiger partial charge in [-0.1, -0.05) is 29.8 Å². The van der Waals surface area contributed by atoms with Crippen LogP contribution in [0, 0.1) is 0 Å². The standard InChI is InChI=1S/C31H45ClN6O2/c1-40-30-7-3-2-5-26(30)22-35-17-19-37(20-18-35)31(39)24-36-15-13-34(14-16-36)12-10-25-21-27(32)8-9-29(25)38-11-4-6-28(33)23-38/h2-3,5,7-9,21,28H,4,6,10-20,22-24,33H2,1H3/t28-/m0/s1. The zero-order chi connectivity index (χ0) is 27.9. The summed E-state index contributed by atoms with van der Waals surface area (Å²) in [5.74, 6) is 1.19. The van der Waals surface area contributed by atoms with Gasteiger partial charge in [0, 0.05) is 101 Å². The fourth-order valence-electron chi connectivity index (χ4n) is 6.26. The van der Waals surface area contributed by atoms with E-state index in [9.17, 15) is 4.79 Å². The summed E-state index contributed by atoms with van der Waals surface area (Å²) < 4.78 is 5.50. The molecule has 3 aliphatic rings. The van der Waals surface area contributed by atoms with Gasteiger partial charge in [-0.3, -0.25) is 14.6 Å². The number of nitrogens with two attached hydrogens (primary N) is 1. The van der Waals surface area contributed by atoms with Crippen LogP contribution in [-0.4, -0.2) is 117 Å². The Kier molecular flexibility index (Phi) is 10.2. The fourth-order valence-corrected chi connectivity index (χ4v) is 6.46. The number of rotatable bonds is 9. The number of carbonyl (C=O) groups is 1. The highest BCUT2D eigenvalue weighted by Crippen LogP contribution is 2.28. The number of para-hydroxylation sites is 1. The van der Waals surface area contributed by atoms with Gasteiger partial charge in [0.2, 0.25) is 5.91 Å². The summed E-state index contributed by atoms with van der Waals surface area (Å²) in [5, 5.41) is 0.795. The second kappa shape index (κ2) is 14.0. The van der Waals surface area contributed by atoms with Gasteiger partial charge in [0.25, 0.3) is 0 Å². The molecule has 3 aliphatic heterocycles. The number of benzene rings is 2. The molecule has 1 amide bonds. The van der Waals surface area contributed by atoms with Gasteiger partial charge in [0.05, 0.1) is 13.7 Å². The molecule has 8 nitrogen and oxygen atoms in total. The lowest BCUT2D eigenvalue weighted by atomic mass is 10.0. The first-order chi connectivity index (χ1) is 19.5. The number of carbonyl (C=O) groups excluding carboxylic acids is 1. The number of ether oxygens (including phenoxy) is 1. The maximum Gasteiger partial charge on any atom is 0.236 e. The molecule has 40 heavy (non-hydrogen) atoms. The monoisotopic (exact) mass is 568 g/mol. The van der Waals surface area contributed by atoms with E-state index in [4.69, 9.17) is 22.1 Å². The van der Waals surface area contributed by atoms with E-state index in [0.717, 1.165) is 109 Å². The molecule has 0 unspecified atom stereocenters. The molecule has 3 fully saturated rings. The number of hydrogen-bond donors (Lipinski definition) is 1. The van der Waals surface area contributed by atoms with E-state index in [2.05, 4.69) is 43.9 Å². The summed E-state index contributed by atoms with van der Waals surface area (Å²) in [4.78, 5) is 24.8. The molecule has 2 N–H and O–H groups in total. The third kappa shape index (κ3) is 7.68. The molecule has 5 rings (SSSR count). The lowest BCUT2D eigenvalue weighted by Gasteiger charge is -2.38. The first kappa shape index (κ1) is 29.1. The van der Waals surface area contributed by atoms with Gasteiger partial charge in [0.15, 0.2) is 0 Å². The third-order valence-electron chi connectivity index (χ3n) is 8.67. The topological polar surface area (TPSA) is 68.5 Å². The highest BCUT2D eigenvalue weighted by molar-refractivity contribution is 6.30. The molecule has 9 heteroatoms. The van der Waals surface area contributed by atoms with Crippen LogP contribution in [0.25, 0.3) is 0 Å². The number of piperazine rings is 2. The number of amides is 1. The second-order valence-electron chi connectivity index (χ2n) is 11.5. The van der Waals surface area contributed by atoms with Crippen molar-refractivity contribution in [3.8, 4) is 5.75 Å². The fraction of sp³-hybridized carbons (Fsp3) is 0.581. The minimum atomic E-state index is 0.246. The molecule has 0 bridgehead atoms. The first-order valence-corrected chi connectivity index (χ1v) is 15.2. The van der Waals surface area contributed by atoms with Crippen molar-refractivity contribution in [1.29, 1.82) is 0 Å². The van der Waals surface area contributed by atoms with Crippen molar-refractivity contribution in [3.05, 3.63) is 58.6 Å². The Labute approximate surface area is 244 Å². The molecule has 218 valence electrons. The molecule has 2 aromatic carbocycles. The summed E-state index contributed by atoms with van der Waals surface area (Å²) in [7, 11) is 1.72. The van der Waals surface area contributed by atoms with Crippen LogP contribution >= 0.6 is 11.6 Å². The molecule has 0 aliphatic carbocycles. The molecule has 1 atom stereocenters. The SMILES string of the molecule is COc1ccccc1CN1CCN(C(=O)CN2CCN(CCc3cc(Cl)ccc3N3CCC[C@H](N)C3)CC2)CC1. The zero-order valence-corrected chi connectivity index (χ0v) is 24.7. The number of anilines is 1. The van der Waals surface area contributed by atoms with E-state index in [1.54, 1.807) is 7.11 Å².